The molecule has 0 saturated heterocycles. The Morgan fingerprint density at radius 3 is 2.26 bits per heavy atom. The molecule has 0 bridgehead atoms. The zero-order chi connectivity index (χ0) is 24.1. The van der Waals surface area contributed by atoms with Crippen LogP contribution in [-0.4, -0.2) is 14.3 Å². The first-order valence-corrected chi connectivity index (χ1v) is 11.8. The van der Waals surface area contributed by atoms with Crippen molar-refractivity contribution in [3.05, 3.63) is 108 Å². The summed E-state index contributed by atoms with van der Waals surface area (Å²) < 4.78 is 30.7. The molecule has 0 atom stereocenters. The van der Waals surface area contributed by atoms with Crippen LogP contribution in [0.5, 0.6) is 5.75 Å². The standard InChI is InChI=1S/C27H20N2O4S/c1-19-6-11-24(12-7-19)29-27(30)23(18-28)16-20-8-13-25(14-9-20)33-34(31,32)26-15-10-21-4-2-3-5-22(21)17-26/h2-17H,1H3,(H,29,30)/b23-16-. The van der Waals surface area contributed by atoms with Crippen molar-refractivity contribution in [2.45, 2.75) is 11.8 Å². The topological polar surface area (TPSA) is 96.3 Å². The molecule has 0 aliphatic heterocycles. The molecule has 4 rings (SSSR count). The summed E-state index contributed by atoms with van der Waals surface area (Å²) in [6.07, 6.45) is 1.42. The molecule has 4 aromatic carbocycles. The number of rotatable bonds is 6. The van der Waals surface area contributed by atoms with Crippen LogP contribution in [0.25, 0.3) is 16.8 Å². The summed E-state index contributed by atoms with van der Waals surface area (Å²) in [5.41, 5.74) is 2.10. The van der Waals surface area contributed by atoms with E-state index in [1.807, 2.05) is 49.4 Å². The van der Waals surface area contributed by atoms with E-state index in [4.69, 9.17) is 4.18 Å². The summed E-state index contributed by atoms with van der Waals surface area (Å²) in [6, 6.07) is 27.4. The van der Waals surface area contributed by atoms with Crippen molar-refractivity contribution in [2.24, 2.45) is 0 Å². The first-order chi connectivity index (χ1) is 16.3. The number of hydrogen-bond donors (Lipinski definition) is 1. The molecule has 168 valence electrons. The number of nitrogens with zero attached hydrogens (tertiary/aromatic N) is 1. The highest BCUT2D eigenvalue weighted by Crippen LogP contribution is 2.23. The van der Waals surface area contributed by atoms with Crippen LogP contribution in [0.2, 0.25) is 0 Å². The second kappa shape index (κ2) is 9.61. The second-order valence-electron chi connectivity index (χ2n) is 7.61. The predicted molar refractivity (Wildman–Crippen MR) is 132 cm³/mol. The van der Waals surface area contributed by atoms with Gasteiger partial charge in [0.2, 0.25) is 0 Å². The lowest BCUT2D eigenvalue weighted by molar-refractivity contribution is -0.112. The molecule has 0 spiro atoms. The minimum Gasteiger partial charge on any atom is -0.379 e. The Hall–Kier alpha value is -4.41. The van der Waals surface area contributed by atoms with Crippen molar-refractivity contribution in [3.63, 3.8) is 0 Å². The van der Waals surface area contributed by atoms with Gasteiger partial charge in [-0.05, 0) is 65.7 Å². The van der Waals surface area contributed by atoms with Gasteiger partial charge in [0.05, 0.1) is 0 Å². The van der Waals surface area contributed by atoms with Gasteiger partial charge in [-0.15, -0.1) is 0 Å². The number of anilines is 1. The summed E-state index contributed by atoms with van der Waals surface area (Å²) >= 11 is 0. The van der Waals surface area contributed by atoms with Gasteiger partial charge in [0.15, 0.2) is 0 Å². The molecule has 1 N–H and O–H groups in total. The van der Waals surface area contributed by atoms with Gasteiger partial charge < -0.3 is 9.50 Å². The average Bonchev–Trinajstić information content (AvgIpc) is 2.84. The smallest absolute Gasteiger partial charge is 0.339 e. The van der Waals surface area contributed by atoms with E-state index in [0.29, 0.717) is 11.3 Å². The molecular formula is C27H20N2O4S. The van der Waals surface area contributed by atoms with Gasteiger partial charge >= 0.3 is 10.1 Å². The van der Waals surface area contributed by atoms with E-state index in [0.717, 1.165) is 16.3 Å². The lowest BCUT2D eigenvalue weighted by Crippen LogP contribution is -2.13. The van der Waals surface area contributed by atoms with Gasteiger partial charge in [-0.2, -0.15) is 13.7 Å². The number of carbonyl (C=O) groups is 1. The lowest BCUT2D eigenvalue weighted by Gasteiger charge is -2.08. The maximum Gasteiger partial charge on any atom is 0.339 e. The summed E-state index contributed by atoms with van der Waals surface area (Å²) in [5, 5.41) is 13.8. The Morgan fingerprint density at radius 2 is 1.59 bits per heavy atom. The van der Waals surface area contributed by atoms with Gasteiger partial charge in [0, 0.05) is 5.69 Å². The van der Waals surface area contributed by atoms with E-state index in [1.165, 1.54) is 24.3 Å². The van der Waals surface area contributed by atoms with Crippen LogP contribution >= 0.6 is 0 Å². The van der Waals surface area contributed by atoms with Gasteiger partial charge in [-0.1, -0.05) is 60.2 Å². The van der Waals surface area contributed by atoms with Crippen molar-refractivity contribution in [3.8, 4) is 11.8 Å². The minimum absolute atomic E-state index is 0.0507. The highest BCUT2D eigenvalue weighted by molar-refractivity contribution is 7.87. The van der Waals surface area contributed by atoms with Crippen LogP contribution in [0.3, 0.4) is 0 Å². The van der Waals surface area contributed by atoms with Gasteiger partial charge in [-0.3, -0.25) is 4.79 Å². The van der Waals surface area contributed by atoms with Crippen molar-refractivity contribution >= 4 is 38.6 Å². The normalized spacial score (nSPS) is 11.6. The highest BCUT2D eigenvalue weighted by Gasteiger charge is 2.17. The Morgan fingerprint density at radius 1 is 0.912 bits per heavy atom. The molecule has 0 aromatic heterocycles. The van der Waals surface area contributed by atoms with Crippen LogP contribution in [0.4, 0.5) is 5.69 Å². The third-order valence-electron chi connectivity index (χ3n) is 5.08. The largest absolute Gasteiger partial charge is 0.379 e. The van der Waals surface area contributed by atoms with E-state index in [9.17, 15) is 18.5 Å². The third-order valence-corrected chi connectivity index (χ3v) is 6.32. The molecule has 0 radical (unpaired) electrons. The number of carbonyl (C=O) groups excluding carboxylic acids is 1. The van der Waals surface area contributed by atoms with E-state index in [-0.39, 0.29) is 16.2 Å². The Labute approximate surface area is 197 Å². The Kier molecular flexibility index (Phi) is 6.44. The molecule has 34 heavy (non-hydrogen) atoms. The van der Waals surface area contributed by atoms with Gasteiger partial charge in [-0.25, -0.2) is 0 Å². The fraction of sp³-hybridized carbons (Fsp3) is 0.0370. The summed E-state index contributed by atoms with van der Waals surface area (Å²) in [6.45, 7) is 1.94. The first-order valence-electron chi connectivity index (χ1n) is 10.4. The van der Waals surface area contributed by atoms with E-state index < -0.39 is 16.0 Å². The minimum atomic E-state index is -4.03. The van der Waals surface area contributed by atoms with E-state index in [2.05, 4.69) is 5.32 Å². The molecular weight excluding hydrogens is 448 g/mol. The maximum atomic E-state index is 12.7. The van der Waals surface area contributed by atoms with Crippen LogP contribution in [0.15, 0.2) is 101 Å². The predicted octanol–water partition coefficient (Wildman–Crippen LogP) is 5.46. The molecule has 4 aromatic rings. The molecule has 0 unspecified atom stereocenters. The van der Waals surface area contributed by atoms with Crippen LogP contribution in [0, 0.1) is 18.3 Å². The SMILES string of the molecule is Cc1ccc(NC(=O)/C(C#N)=C\c2ccc(OS(=O)(=O)c3ccc4ccccc4c3)cc2)cc1. The maximum absolute atomic E-state index is 12.7. The molecule has 0 aliphatic rings. The van der Waals surface area contributed by atoms with Crippen molar-refractivity contribution in [1.29, 1.82) is 5.26 Å². The lowest BCUT2D eigenvalue weighted by atomic mass is 10.1. The zero-order valence-electron chi connectivity index (χ0n) is 18.2. The Bertz CT molecular complexity index is 1530. The van der Waals surface area contributed by atoms with E-state index >= 15 is 0 Å². The fourth-order valence-corrected chi connectivity index (χ4v) is 4.23. The third kappa shape index (κ3) is 5.31. The Balaban J connectivity index is 1.49. The number of hydrogen-bond acceptors (Lipinski definition) is 5. The van der Waals surface area contributed by atoms with Crippen molar-refractivity contribution in [2.75, 3.05) is 5.32 Å². The van der Waals surface area contributed by atoms with E-state index in [1.54, 1.807) is 36.4 Å². The van der Waals surface area contributed by atoms with Gasteiger partial charge in [0.1, 0.15) is 22.3 Å². The van der Waals surface area contributed by atoms with Crippen molar-refractivity contribution < 1.29 is 17.4 Å². The molecule has 6 nitrogen and oxygen atoms in total. The quantitative estimate of drug-likeness (QED) is 0.230. The monoisotopic (exact) mass is 468 g/mol. The van der Waals surface area contributed by atoms with Crippen molar-refractivity contribution in [1.82, 2.24) is 0 Å². The summed E-state index contributed by atoms with van der Waals surface area (Å²) in [5.74, 6) is -0.418. The van der Waals surface area contributed by atoms with Crippen LogP contribution in [0.1, 0.15) is 11.1 Å². The fourth-order valence-electron chi connectivity index (χ4n) is 3.27. The van der Waals surface area contributed by atoms with Crippen LogP contribution in [-0.2, 0) is 14.9 Å². The highest BCUT2D eigenvalue weighted by atomic mass is 32.2. The number of nitriles is 1. The molecule has 0 fully saturated rings. The number of fused-ring (bicyclic) bond motifs is 1. The summed E-state index contributed by atoms with van der Waals surface area (Å²) in [4.78, 5) is 12.5. The average molecular weight is 469 g/mol. The molecule has 0 saturated carbocycles. The number of benzene rings is 4. The van der Waals surface area contributed by atoms with Crippen LogP contribution < -0.4 is 9.50 Å². The molecule has 7 heteroatoms. The zero-order valence-corrected chi connectivity index (χ0v) is 19.0. The molecule has 0 aliphatic carbocycles. The first kappa shape index (κ1) is 22.8. The molecule has 1 amide bonds. The molecule has 0 heterocycles. The number of nitrogens with one attached hydrogen (secondary N) is 1. The number of aryl methyl sites for hydroxylation is 1. The van der Waals surface area contributed by atoms with Gasteiger partial charge in [0.25, 0.3) is 5.91 Å². The summed E-state index contributed by atoms with van der Waals surface area (Å²) in [7, 11) is -4.03. The second-order valence-corrected chi connectivity index (χ2v) is 9.15. The number of amides is 1.